The van der Waals surface area contributed by atoms with Gasteiger partial charge in [0.1, 0.15) is 11.6 Å². The van der Waals surface area contributed by atoms with Crippen LogP contribution in [0.25, 0.3) is 0 Å². The van der Waals surface area contributed by atoms with Gasteiger partial charge in [-0.3, -0.25) is 4.79 Å². The monoisotopic (exact) mass is 420 g/mol. The van der Waals surface area contributed by atoms with Gasteiger partial charge in [0.05, 0.1) is 18.6 Å². The number of hydrogen-bond acceptors (Lipinski definition) is 4. The normalized spacial score (nSPS) is 15.3. The first-order valence-electron chi connectivity index (χ1n) is 9.61. The SMILES string of the molecule is COc1ccc(NC(=O)CN(C2CCCCC2)S(=O)(=O)c2ccc(F)cc2)cc1. The maximum atomic E-state index is 13.3. The quantitative estimate of drug-likeness (QED) is 0.739. The molecule has 6 nitrogen and oxygen atoms in total. The lowest BCUT2D eigenvalue weighted by atomic mass is 9.95. The van der Waals surface area contributed by atoms with E-state index in [0.29, 0.717) is 24.3 Å². The summed E-state index contributed by atoms with van der Waals surface area (Å²) in [5, 5.41) is 2.73. The van der Waals surface area contributed by atoms with E-state index in [1.807, 2.05) is 0 Å². The molecule has 0 spiro atoms. The molecule has 8 heteroatoms. The van der Waals surface area contributed by atoms with Gasteiger partial charge in [-0.05, 0) is 61.4 Å². The fraction of sp³-hybridized carbons (Fsp3) is 0.381. The molecule has 0 heterocycles. The van der Waals surface area contributed by atoms with Gasteiger partial charge in [0, 0.05) is 11.7 Å². The van der Waals surface area contributed by atoms with E-state index in [0.717, 1.165) is 31.4 Å². The molecule has 0 bridgehead atoms. The van der Waals surface area contributed by atoms with Crippen molar-refractivity contribution >= 4 is 21.6 Å². The molecule has 2 aromatic carbocycles. The predicted octanol–water partition coefficient (Wildman–Crippen LogP) is 3.80. The lowest BCUT2D eigenvalue weighted by molar-refractivity contribution is -0.116. The van der Waals surface area contributed by atoms with Gasteiger partial charge in [0.2, 0.25) is 15.9 Å². The van der Waals surface area contributed by atoms with Crippen molar-refractivity contribution in [2.24, 2.45) is 0 Å². The van der Waals surface area contributed by atoms with Crippen LogP contribution in [0.2, 0.25) is 0 Å². The molecule has 0 atom stereocenters. The van der Waals surface area contributed by atoms with Gasteiger partial charge in [0.15, 0.2) is 0 Å². The number of carbonyl (C=O) groups is 1. The standard InChI is InChI=1S/C21H25FN2O4S/c1-28-19-11-9-17(10-12-19)23-21(25)15-24(18-5-3-2-4-6-18)29(26,27)20-13-7-16(22)8-14-20/h7-14,18H,2-6,15H2,1H3,(H,23,25). The predicted molar refractivity (Wildman–Crippen MR) is 109 cm³/mol. The van der Waals surface area contributed by atoms with E-state index in [-0.39, 0.29) is 17.5 Å². The summed E-state index contributed by atoms with van der Waals surface area (Å²) in [5.74, 6) is -0.275. The van der Waals surface area contributed by atoms with Gasteiger partial charge in [-0.15, -0.1) is 0 Å². The molecule has 1 saturated carbocycles. The Bertz CT molecular complexity index is 924. The van der Waals surface area contributed by atoms with E-state index in [1.165, 1.54) is 16.4 Å². The molecule has 1 aliphatic rings. The Labute approximate surface area is 170 Å². The third-order valence-electron chi connectivity index (χ3n) is 5.08. The minimum Gasteiger partial charge on any atom is -0.497 e. The number of sulfonamides is 1. The molecule has 0 unspecified atom stereocenters. The maximum absolute atomic E-state index is 13.3. The van der Waals surface area contributed by atoms with Gasteiger partial charge in [-0.25, -0.2) is 12.8 Å². The van der Waals surface area contributed by atoms with E-state index in [1.54, 1.807) is 31.4 Å². The number of rotatable bonds is 7. The zero-order valence-corrected chi connectivity index (χ0v) is 17.1. The van der Waals surface area contributed by atoms with Crippen molar-refractivity contribution in [2.75, 3.05) is 19.0 Å². The summed E-state index contributed by atoms with van der Waals surface area (Å²) >= 11 is 0. The summed E-state index contributed by atoms with van der Waals surface area (Å²) in [4.78, 5) is 12.6. The molecular weight excluding hydrogens is 395 g/mol. The number of methoxy groups -OCH3 is 1. The average Bonchev–Trinajstić information content (AvgIpc) is 2.73. The molecule has 0 aliphatic heterocycles. The van der Waals surface area contributed by atoms with Crippen molar-refractivity contribution in [3.63, 3.8) is 0 Å². The molecule has 1 fully saturated rings. The first-order chi connectivity index (χ1) is 13.9. The minimum atomic E-state index is -3.93. The minimum absolute atomic E-state index is 0.0123. The van der Waals surface area contributed by atoms with Gasteiger partial charge in [-0.1, -0.05) is 19.3 Å². The zero-order chi connectivity index (χ0) is 20.9. The van der Waals surface area contributed by atoms with Gasteiger partial charge < -0.3 is 10.1 Å². The summed E-state index contributed by atoms with van der Waals surface area (Å²) < 4.78 is 46.1. The second kappa shape index (κ2) is 9.37. The number of carbonyl (C=O) groups excluding carboxylic acids is 1. The third kappa shape index (κ3) is 5.33. The van der Waals surface area contributed by atoms with Crippen molar-refractivity contribution in [1.29, 1.82) is 0 Å². The Kier molecular flexibility index (Phi) is 6.87. The van der Waals surface area contributed by atoms with Crippen LogP contribution in [0.15, 0.2) is 53.4 Å². The third-order valence-corrected chi connectivity index (χ3v) is 6.99. The Morgan fingerprint density at radius 1 is 1.07 bits per heavy atom. The molecule has 1 amide bonds. The highest BCUT2D eigenvalue weighted by molar-refractivity contribution is 7.89. The summed E-state index contributed by atoms with van der Waals surface area (Å²) in [6.07, 6.45) is 4.30. The van der Waals surface area contributed by atoms with Crippen LogP contribution in [0.3, 0.4) is 0 Å². The van der Waals surface area contributed by atoms with Crippen molar-refractivity contribution in [3.05, 3.63) is 54.3 Å². The highest BCUT2D eigenvalue weighted by Gasteiger charge is 2.34. The number of benzene rings is 2. The largest absolute Gasteiger partial charge is 0.497 e. The van der Waals surface area contributed by atoms with Crippen LogP contribution in [-0.2, 0) is 14.8 Å². The van der Waals surface area contributed by atoms with Gasteiger partial charge in [0.25, 0.3) is 0 Å². The van der Waals surface area contributed by atoms with Crippen LogP contribution in [0, 0.1) is 5.82 Å². The Balaban J connectivity index is 1.81. The summed E-state index contributed by atoms with van der Waals surface area (Å²) in [6.45, 7) is -0.295. The van der Waals surface area contributed by atoms with Crippen molar-refractivity contribution in [3.8, 4) is 5.75 Å². The van der Waals surface area contributed by atoms with Crippen LogP contribution in [-0.4, -0.2) is 38.3 Å². The van der Waals surface area contributed by atoms with E-state index in [9.17, 15) is 17.6 Å². The van der Waals surface area contributed by atoms with Crippen LogP contribution in [0.1, 0.15) is 32.1 Å². The average molecular weight is 421 g/mol. The molecular formula is C21H25FN2O4S. The highest BCUT2D eigenvalue weighted by atomic mass is 32.2. The second-order valence-corrected chi connectivity index (χ2v) is 8.96. The number of nitrogens with zero attached hydrogens (tertiary/aromatic N) is 1. The fourth-order valence-electron chi connectivity index (χ4n) is 3.54. The van der Waals surface area contributed by atoms with Crippen molar-refractivity contribution in [2.45, 2.75) is 43.0 Å². The van der Waals surface area contributed by atoms with Crippen LogP contribution >= 0.6 is 0 Å². The van der Waals surface area contributed by atoms with Crippen molar-refractivity contribution < 1.29 is 22.3 Å². The Morgan fingerprint density at radius 2 is 1.69 bits per heavy atom. The number of amides is 1. The molecule has 3 rings (SSSR count). The van der Waals surface area contributed by atoms with Gasteiger partial charge in [-0.2, -0.15) is 4.31 Å². The molecule has 156 valence electrons. The highest BCUT2D eigenvalue weighted by Crippen LogP contribution is 2.28. The number of hydrogen-bond donors (Lipinski definition) is 1. The topological polar surface area (TPSA) is 75.7 Å². The molecule has 0 radical (unpaired) electrons. The summed E-state index contributed by atoms with van der Waals surface area (Å²) in [6, 6.07) is 11.3. The lowest BCUT2D eigenvalue weighted by Gasteiger charge is -2.33. The second-order valence-electron chi connectivity index (χ2n) is 7.07. The van der Waals surface area contributed by atoms with E-state index in [4.69, 9.17) is 4.74 Å². The smallest absolute Gasteiger partial charge is 0.243 e. The van der Waals surface area contributed by atoms with Crippen LogP contribution in [0.4, 0.5) is 10.1 Å². The zero-order valence-electron chi connectivity index (χ0n) is 16.3. The summed E-state index contributed by atoms with van der Waals surface area (Å²) in [7, 11) is -2.38. The van der Waals surface area contributed by atoms with Gasteiger partial charge >= 0.3 is 0 Å². The van der Waals surface area contributed by atoms with Crippen LogP contribution in [0.5, 0.6) is 5.75 Å². The number of halogens is 1. The maximum Gasteiger partial charge on any atom is 0.243 e. The first-order valence-corrected chi connectivity index (χ1v) is 11.1. The molecule has 1 N–H and O–H groups in total. The molecule has 1 aliphatic carbocycles. The fourth-order valence-corrected chi connectivity index (χ4v) is 5.18. The van der Waals surface area contributed by atoms with E-state index >= 15 is 0 Å². The summed E-state index contributed by atoms with van der Waals surface area (Å²) in [5.41, 5.74) is 0.554. The Hall–Kier alpha value is -2.45. The Morgan fingerprint density at radius 3 is 2.28 bits per heavy atom. The number of ether oxygens (including phenoxy) is 1. The number of nitrogens with one attached hydrogen (secondary N) is 1. The molecule has 0 aromatic heterocycles. The van der Waals surface area contributed by atoms with E-state index < -0.39 is 21.7 Å². The first kappa shape index (κ1) is 21.3. The van der Waals surface area contributed by atoms with Crippen LogP contribution < -0.4 is 10.1 Å². The molecule has 2 aromatic rings. The number of anilines is 1. The molecule has 0 saturated heterocycles. The van der Waals surface area contributed by atoms with E-state index in [2.05, 4.69) is 5.32 Å². The van der Waals surface area contributed by atoms with Crippen molar-refractivity contribution in [1.82, 2.24) is 4.31 Å². The molecule has 29 heavy (non-hydrogen) atoms. The lowest BCUT2D eigenvalue weighted by Crippen LogP contribution is -2.45.